The Kier molecular flexibility index (Phi) is 7.26. The van der Waals surface area contributed by atoms with Gasteiger partial charge in [-0.3, -0.25) is 4.79 Å². The minimum Gasteiger partial charge on any atom is -0.369 e. The molecule has 0 radical (unpaired) electrons. The molecule has 0 spiro atoms. The second kappa shape index (κ2) is 9.43. The molecule has 1 heterocycles. The van der Waals surface area contributed by atoms with Crippen LogP contribution in [0.3, 0.4) is 0 Å². The lowest BCUT2D eigenvalue weighted by atomic mass is 10.2. The first-order chi connectivity index (χ1) is 12.4. The van der Waals surface area contributed by atoms with Crippen LogP contribution in [0.4, 0.5) is 16.2 Å². The molecule has 2 rings (SSSR count). The van der Waals surface area contributed by atoms with Gasteiger partial charge >= 0.3 is 6.03 Å². The molecule has 2 N–H and O–H groups in total. The quantitative estimate of drug-likeness (QED) is 0.811. The minimum atomic E-state index is -0.565. The molecular weight excluding hydrogens is 330 g/mol. The highest BCUT2D eigenvalue weighted by molar-refractivity contribution is 5.93. The lowest BCUT2D eigenvalue weighted by Crippen LogP contribution is -2.47. The van der Waals surface area contributed by atoms with Crippen LogP contribution in [-0.4, -0.2) is 74.1 Å². The van der Waals surface area contributed by atoms with Crippen molar-refractivity contribution in [3.05, 3.63) is 24.3 Å². The molecule has 144 valence electrons. The largest absolute Gasteiger partial charge is 0.369 e. The van der Waals surface area contributed by atoms with Crippen LogP contribution in [0, 0.1) is 0 Å². The van der Waals surface area contributed by atoms with Gasteiger partial charge in [-0.15, -0.1) is 0 Å². The number of rotatable bonds is 6. The number of anilines is 2. The highest BCUT2D eigenvalue weighted by atomic mass is 16.2. The van der Waals surface area contributed by atoms with E-state index in [0.717, 1.165) is 44.1 Å². The third-order valence-corrected chi connectivity index (χ3v) is 4.86. The van der Waals surface area contributed by atoms with Gasteiger partial charge in [0.2, 0.25) is 5.91 Å². The molecule has 1 atom stereocenters. The van der Waals surface area contributed by atoms with E-state index in [4.69, 9.17) is 0 Å². The molecule has 0 aromatic heterocycles. The Morgan fingerprint density at radius 2 is 1.88 bits per heavy atom. The third kappa shape index (κ3) is 5.36. The number of hydrogen-bond acceptors (Lipinski definition) is 4. The zero-order valence-corrected chi connectivity index (χ0v) is 16.3. The summed E-state index contributed by atoms with van der Waals surface area (Å²) in [5.74, 6) is -0.106. The zero-order chi connectivity index (χ0) is 19.1. The van der Waals surface area contributed by atoms with E-state index in [9.17, 15) is 9.59 Å². The summed E-state index contributed by atoms with van der Waals surface area (Å²) in [5, 5.41) is 5.52. The van der Waals surface area contributed by atoms with Crippen LogP contribution in [-0.2, 0) is 4.79 Å². The second-order valence-corrected chi connectivity index (χ2v) is 6.64. The fourth-order valence-electron chi connectivity index (χ4n) is 3.01. The summed E-state index contributed by atoms with van der Waals surface area (Å²) >= 11 is 0. The Labute approximate surface area is 156 Å². The first-order valence-corrected chi connectivity index (χ1v) is 9.34. The van der Waals surface area contributed by atoms with Crippen molar-refractivity contribution in [3.63, 3.8) is 0 Å². The summed E-state index contributed by atoms with van der Waals surface area (Å²) in [7, 11) is 1.72. The fourth-order valence-corrected chi connectivity index (χ4v) is 3.01. The van der Waals surface area contributed by atoms with E-state index in [0.29, 0.717) is 6.54 Å². The number of amides is 3. The van der Waals surface area contributed by atoms with Gasteiger partial charge in [-0.2, -0.15) is 0 Å². The number of likely N-dealkylation sites (N-methyl/N-ethyl adjacent to an activating group) is 2. The summed E-state index contributed by atoms with van der Waals surface area (Å²) in [4.78, 5) is 30.6. The Balaban J connectivity index is 1.92. The Morgan fingerprint density at radius 3 is 2.50 bits per heavy atom. The SMILES string of the molecule is CCN1CCN(c2cccc(NC(=O)N[C@H](C)C(=O)N(C)CC)c2)CC1. The van der Waals surface area contributed by atoms with Crippen LogP contribution >= 0.6 is 0 Å². The van der Waals surface area contributed by atoms with Crippen molar-refractivity contribution < 1.29 is 9.59 Å². The maximum atomic E-state index is 12.2. The molecule has 26 heavy (non-hydrogen) atoms. The smallest absolute Gasteiger partial charge is 0.319 e. The van der Waals surface area contributed by atoms with Gasteiger partial charge in [0.05, 0.1) is 0 Å². The normalized spacial score (nSPS) is 16.1. The average molecular weight is 361 g/mol. The van der Waals surface area contributed by atoms with Gasteiger partial charge in [-0.05, 0) is 38.6 Å². The zero-order valence-electron chi connectivity index (χ0n) is 16.3. The van der Waals surface area contributed by atoms with Gasteiger partial charge in [0.15, 0.2) is 0 Å². The van der Waals surface area contributed by atoms with Crippen LogP contribution in [0.15, 0.2) is 24.3 Å². The predicted octanol–water partition coefficient (Wildman–Crippen LogP) is 1.82. The summed E-state index contributed by atoms with van der Waals surface area (Å²) in [6.45, 7) is 11.5. The predicted molar refractivity (Wildman–Crippen MR) is 106 cm³/mol. The monoisotopic (exact) mass is 361 g/mol. The molecule has 7 nitrogen and oxygen atoms in total. The lowest BCUT2D eigenvalue weighted by molar-refractivity contribution is -0.131. The lowest BCUT2D eigenvalue weighted by Gasteiger charge is -2.35. The number of benzene rings is 1. The summed E-state index contributed by atoms with van der Waals surface area (Å²) in [6.07, 6.45) is 0. The van der Waals surface area contributed by atoms with Gasteiger partial charge in [-0.25, -0.2) is 4.79 Å². The van der Waals surface area contributed by atoms with E-state index in [-0.39, 0.29) is 11.9 Å². The maximum absolute atomic E-state index is 12.2. The van der Waals surface area contributed by atoms with Crippen molar-refractivity contribution in [1.82, 2.24) is 15.1 Å². The third-order valence-electron chi connectivity index (χ3n) is 4.86. The van der Waals surface area contributed by atoms with Crippen molar-refractivity contribution in [2.45, 2.75) is 26.8 Å². The van der Waals surface area contributed by atoms with E-state index >= 15 is 0 Å². The van der Waals surface area contributed by atoms with Gasteiger partial charge in [-0.1, -0.05) is 13.0 Å². The number of carbonyl (C=O) groups is 2. The molecule has 3 amide bonds. The highest BCUT2D eigenvalue weighted by Crippen LogP contribution is 2.21. The average Bonchev–Trinajstić information content (AvgIpc) is 2.66. The van der Waals surface area contributed by atoms with E-state index in [1.54, 1.807) is 18.9 Å². The van der Waals surface area contributed by atoms with Crippen molar-refractivity contribution in [2.24, 2.45) is 0 Å². The number of nitrogens with one attached hydrogen (secondary N) is 2. The maximum Gasteiger partial charge on any atom is 0.319 e. The van der Waals surface area contributed by atoms with E-state index < -0.39 is 6.04 Å². The molecule has 7 heteroatoms. The standard InChI is InChI=1S/C19H31N5O2/c1-5-22(4)18(25)15(3)20-19(26)21-16-8-7-9-17(14-16)24-12-10-23(6-2)11-13-24/h7-9,14-15H,5-6,10-13H2,1-4H3,(H2,20,21,26)/t15-/m1/s1. The van der Waals surface area contributed by atoms with Crippen LogP contribution in [0.1, 0.15) is 20.8 Å². The van der Waals surface area contributed by atoms with Crippen LogP contribution in [0.25, 0.3) is 0 Å². The first kappa shape index (κ1) is 20.0. The number of hydrogen-bond donors (Lipinski definition) is 2. The molecule has 1 fully saturated rings. The van der Waals surface area contributed by atoms with Gasteiger partial charge < -0.3 is 25.3 Å². The van der Waals surface area contributed by atoms with Gasteiger partial charge in [0, 0.05) is 51.1 Å². The number of nitrogens with zero attached hydrogens (tertiary/aromatic N) is 3. The summed E-state index contributed by atoms with van der Waals surface area (Å²) < 4.78 is 0. The van der Waals surface area contributed by atoms with Crippen molar-refractivity contribution in [2.75, 3.05) is 56.5 Å². The summed E-state index contributed by atoms with van der Waals surface area (Å²) in [5.41, 5.74) is 1.83. The van der Waals surface area contributed by atoms with Crippen molar-refractivity contribution >= 4 is 23.3 Å². The highest BCUT2D eigenvalue weighted by Gasteiger charge is 2.19. The van der Waals surface area contributed by atoms with Crippen molar-refractivity contribution in [1.29, 1.82) is 0 Å². The fraction of sp³-hybridized carbons (Fsp3) is 0.579. The number of piperazine rings is 1. The van der Waals surface area contributed by atoms with E-state index in [1.807, 2.05) is 25.1 Å². The molecule has 1 aliphatic rings. The molecule has 1 aromatic rings. The van der Waals surface area contributed by atoms with Crippen LogP contribution in [0.5, 0.6) is 0 Å². The van der Waals surface area contributed by atoms with Gasteiger partial charge in [0.25, 0.3) is 0 Å². The van der Waals surface area contributed by atoms with Crippen molar-refractivity contribution in [3.8, 4) is 0 Å². The topological polar surface area (TPSA) is 67.9 Å². The molecule has 1 aromatic carbocycles. The Hall–Kier alpha value is -2.28. The number of urea groups is 1. The molecule has 1 aliphatic heterocycles. The number of carbonyl (C=O) groups excluding carboxylic acids is 2. The van der Waals surface area contributed by atoms with Gasteiger partial charge in [0.1, 0.15) is 6.04 Å². The summed E-state index contributed by atoms with van der Waals surface area (Å²) in [6, 6.07) is 6.90. The molecule has 0 bridgehead atoms. The Morgan fingerprint density at radius 1 is 1.19 bits per heavy atom. The molecule has 1 saturated heterocycles. The van der Waals surface area contributed by atoms with E-state index in [2.05, 4.69) is 33.4 Å². The van der Waals surface area contributed by atoms with E-state index in [1.165, 1.54) is 0 Å². The second-order valence-electron chi connectivity index (χ2n) is 6.64. The minimum absolute atomic E-state index is 0.106. The Bertz CT molecular complexity index is 614. The van der Waals surface area contributed by atoms with Crippen LogP contribution < -0.4 is 15.5 Å². The molecule has 0 saturated carbocycles. The van der Waals surface area contributed by atoms with Crippen LogP contribution in [0.2, 0.25) is 0 Å². The molecule has 0 aliphatic carbocycles. The molecule has 0 unspecified atom stereocenters. The first-order valence-electron chi connectivity index (χ1n) is 9.34. The molecular formula is C19H31N5O2.